The number of nitrogens with zero attached hydrogens (tertiary/aromatic N) is 4. The molecule has 0 atom stereocenters. The Morgan fingerprint density at radius 3 is 2.47 bits per heavy atom. The Labute approximate surface area is 204 Å². The fourth-order valence-corrected chi connectivity index (χ4v) is 5.71. The molecular weight excluding hydrogens is 444 g/mol. The monoisotopic (exact) mass is 476 g/mol. The van der Waals surface area contributed by atoms with Gasteiger partial charge in [0.25, 0.3) is 0 Å². The summed E-state index contributed by atoms with van der Waals surface area (Å²) in [4.78, 5) is 23.2. The average Bonchev–Trinajstić information content (AvgIpc) is 3.35. The maximum atomic E-state index is 12.7. The number of carbonyl (C=O) groups excluding carboxylic acids is 1. The molecule has 1 aliphatic rings. The van der Waals surface area contributed by atoms with Gasteiger partial charge in [-0.25, -0.2) is 4.98 Å². The number of hydrogen-bond acceptors (Lipinski definition) is 5. The molecule has 3 heterocycles. The number of hydrogen-bond donors (Lipinski definition) is 0. The highest BCUT2D eigenvalue weighted by Gasteiger charge is 2.27. The van der Waals surface area contributed by atoms with Crippen LogP contribution in [0.3, 0.4) is 0 Å². The number of amides is 1. The Bertz CT molecular complexity index is 1310. The first-order valence-corrected chi connectivity index (χ1v) is 12.7. The number of fused-ring (bicyclic) bond motifs is 3. The third kappa shape index (κ3) is 4.55. The third-order valence-electron chi connectivity index (χ3n) is 6.38. The molecule has 0 bridgehead atoms. The molecule has 6 nitrogen and oxygen atoms in total. The predicted molar refractivity (Wildman–Crippen MR) is 138 cm³/mol. The van der Waals surface area contributed by atoms with Gasteiger partial charge in [0.05, 0.1) is 28.7 Å². The van der Waals surface area contributed by atoms with Crippen LogP contribution in [0, 0.1) is 5.41 Å². The second kappa shape index (κ2) is 9.04. The van der Waals surface area contributed by atoms with Crippen molar-refractivity contribution in [3.8, 4) is 17.0 Å². The molecular formula is C27H32N4O2S. The quantitative estimate of drug-likeness (QED) is 0.392. The smallest absolute Gasteiger partial charge is 0.223 e. The van der Waals surface area contributed by atoms with Gasteiger partial charge in [-0.05, 0) is 23.6 Å². The van der Waals surface area contributed by atoms with Crippen molar-refractivity contribution >= 4 is 32.4 Å². The van der Waals surface area contributed by atoms with E-state index in [-0.39, 0.29) is 11.3 Å². The number of ether oxygens (including phenoxy) is 1. The standard InChI is InChI=1S/C27H32N4O2S/c1-27(2,3)17-24(32)30-14-12-29(13-15-30)18-22-25(19-8-6-5-7-9-19)28-26-31(22)21-11-10-20(33-4)16-23(21)34-26/h5-11,16H,12-15,17-18H2,1-4H3. The minimum atomic E-state index is 0.0185. The molecule has 5 rings (SSSR count). The molecule has 0 N–H and O–H groups in total. The van der Waals surface area contributed by atoms with Crippen LogP contribution in [-0.4, -0.2) is 58.4 Å². The zero-order valence-corrected chi connectivity index (χ0v) is 21.2. The molecule has 34 heavy (non-hydrogen) atoms. The molecule has 1 aliphatic heterocycles. The molecule has 1 amide bonds. The molecule has 0 unspecified atom stereocenters. The lowest BCUT2D eigenvalue weighted by Crippen LogP contribution is -2.49. The molecule has 1 fully saturated rings. The highest BCUT2D eigenvalue weighted by molar-refractivity contribution is 7.23. The largest absolute Gasteiger partial charge is 0.497 e. The first-order chi connectivity index (χ1) is 16.3. The van der Waals surface area contributed by atoms with E-state index in [0.717, 1.165) is 60.2 Å². The van der Waals surface area contributed by atoms with Gasteiger partial charge >= 0.3 is 0 Å². The van der Waals surface area contributed by atoms with Crippen molar-refractivity contribution in [2.45, 2.75) is 33.7 Å². The van der Waals surface area contributed by atoms with E-state index in [1.54, 1.807) is 18.4 Å². The molecule has 2 aromatic carbocycles. The summed E-state index contributed by atoms with van der Waals surface area (Å²) in [6.45, 7) is 10.5. The molecule has 0 aliphatic carbocycles. The zero-order valence-electron chi connectivity index (χ0n) is 20.4. The van der Waals surface area contributed by atoms with Crippen molar-refractivity contribution in [3.63, 3.8) is 0 Å². The number of benzene rings is 2. The van der Waals surface area contributed by atoms with Gasteiger partial charge in [0.1, 0.15) is 5.75 Å². The van der Waals surface area contributed by atoms with E-state index in [1.165, 1.54) is 10.4 Å². The van der Waals surface area contributed by atoms with Gasteiger partial charge in [-0.1, -0.05) is 62.4 Å². The fraction of sp³-hybridized carbons (Fsp3) is 0.407. The molecule has 0 spiro atoms. The van der Waals surface area contributed by atoms with Gasteiger partial charge in [-0.3, -0.25) is 14.1 Å². The van der Waals surface area contributed by atoms with E-state index in [1.807, 2.05) is 17.0 Å². The summed E-state index contributed by atoms with van der Waals surface area (Å²) in [7, 11) is 1.70. The number of rotatable bonds is 5. The Kier molecular flexibility index (Phi) is 6.08. The van der Waals surface area contributed by atoms with Crippen molar-refractivity contribution in [1.29, 1.82) is 0 Å². The van der Waals surface area contributed by atoms with E-state index in [4.69, 9.17) is 9.72 Å². The lowest BCUT2D eigenvalue weighted by molar-refractivity contribution is -0.134. The van der Waals surface area contributed by atoms with Crippen LogP contribution in [0.15, 0.2) is 48.5 Å². The second-order valence-electron chi connectivity index (χ2n) is 10.2. The van der Waals surface area contributed by atoms with Gasteiger partial charge in [0, 0.05) is 44.7 Å². The maximum absolute atomic E-state index is 12.7. The molecule has 7 heteroatoms. The van der Waals surface area contributed by atoms with Crippen LogP contribution in [0.25, 0.3) is 26.4 Å². The van der Waals surface area contributed by atoms with Gasteiger partial charge < -0.3 is 9.64 Å². The summed E-state index contributed by atoms with van der Waals surface area (Å²) < 4.78 is 8.91. The Morgan fingerprint density at radius 1 is 1.06 bits per heavy atom. The average molecular weight is 477 g/mol. The lowest BCUT2D eigenvalue weighted by Gasteiger charge is -2.36. The molecule has 178 valence electrons. The SMILES string of the molecule is COc1ccc2c(c1)sc1nc(-c3ccccc3)c(CN3CCN(C(=O)CC(C)(C)C)CC3)n12. The highest BCUT2D eigenvalue weighted by atomic mass is 32.1. The van der Waals surface area contributed by atoms with Crippen LogP contribution in [0.5, 0.6) is 5.75 Å². The van der Waals surface area contributed by atoms with Crippen molar-refractivity contribution in [3.05, 3.63) is 54.2 Å². The Hall–Kier alpha value is -2.90. The maximum Gasteiger partial charge on any atom is 0.223 e. The number of imidazole rings is 1. The molecule has 4 aromatic rings. The zero-order chi connectivity index (χ0) is 23.9. The summed E-state index contributed by atoms with van der Waals surface area (Å²) >= 11 is 1.69. The van der Waals surface area contributed by atoms with Crippen LogP contribution in [0.4, 0.5) is 0 Å². The second-order valence-corrected chi connectivity index (χ2v) is 11.2. The van der Waals surface area contributed by atoms with Crippen molar-refractivity contribution < 1.29 is 9.53 Å². The van der Waals surface area contributed by atoms with Crippen molar-refractivity contribution in [1.82, 2.24) is 19.2 Å². The van der Waals surface area contributed by atoms with Gasteiger partial charge in [0.15, 0.2) is 4.96 Å². The van der Waals surface area contributed by atoms with Gasteiger partial charge in [-0.2, -0.15) is 0 Å². The summed E-state index contributed by atoms with van der Waals surface area (Å²) in [5.41, 5.74) is 4.55. The normalized spacial score (nSPS) is 15.4. The van der Waals surface area contributed by atoms with Crippen LogP contribution in [0.2, 0.25) is 0 Å². The fourth-order valence-electron chi connectivity index (χ4n) is 4.64. The number of carbonyl (C=O) groups is 1. The lowest BCUT2D eigenvalue weighted by atomic mass is 9.91. The highest BCUT2D eigenvalue weighted by Crippen LogP contribution is 2.35. The summed E-state index contributed by atoms with van der Waals surface area (Å²) in [6.07, 6.45) is 0.596. The van der Waals surface area contributed by atoms with Gasteiger partial charge in [0.2, 0.25) is 5.91 Å². The van der Waals surface area contributed by atoms with Crippen LogP contribution in [0.1, 0.15) is 32.9 Å². The molecule has 1 saturated heterocycles. The molecule has 2 aromatic heterocycles. The molecule has 0 radical (unpaired) electrons. The number of piperazine rings is 1. The first kappa shape index (κ1) is 22.9. The predicted octanol–water partition coefficient (Wildman–Crippen LogP) is 5.31. The van der Waals surface area contributed by atoms with Gasteiger partial charge in [-0.15, -0.1) is 0 Å². The van der Waals surface area contributed by atoms with Crippen molar-refractivity contribution in [2.75, 3.05) is 33.3 Å². The topological polar surface area (TPSA) is 50.1 Å². The third-order valence-corrected chi connectivity index (χ3v) is 7.38. The number of aromatic nitrogens is 2. The summed E-state index contributed by atoms with van der Waals surface area (Å²) in [5.74, 6) is 1.12. The minimum absolute atomic E-state index is 0.0185. The van der Waals surface area contributed by atoms with E-state index in [0.29, 0.717) is 6.42 Å². The van der Waals surface area contributed by atoms with E-state index in [9.17, 15) is 4.79 Å². The van der Waals surface area contributed by atoms with E-state index >= 15 is 0 Å². The summed E-state index contributed by atoms with van der Waals surface area (Å²) in [6, 6.07) is 16.6. The Morgan fingerprint density at radius 2 is 1.79 bits per heavy atom. The molecule has 0 saturated carbocycles. The van der Waals surface area contributed by atoms with Crippen LogP contribution >= 0.6 is 11.3 Å². The van der Waals surface area contributed by atoms with E-state index < -0.39 is 0 Å². The van der Waals surface area contributed by atoms with E-state index in [2.05, 4.69) is 66.5 Å². The van der Waals surface area contributed by atoms with Crippen LogP contribution in [-0.2, 0) is 11.3 Å². The van der Waals surface area contributed by atoms with Crippen LogP contribution < -0.4 is 4.74 Å². The summed E-state index contributed by atoms with van der Waals surface area (Å²) in [5, 5.41) is 0. The number of thiazole rings is 1. The number of methoxy groups -OCH3 is 1. The first-order valence-electron chi connectivity index (χ1n) is 11.9. The Balaban J connectivity index is 1.45. The van der Waals surface area contributed by atoms with Crippen molar-refractivity contribution in [2.24, 2.45) is 5.41 Å². The minimum Gasteiger partial charge on any atom is -0.497 e.